The highest BCUT2D eigenvalue weighted by molar-refractivity contribution is 7.80. The molecule has 0 radical (unpaired) electrons. The summed E-state index contributed by atoms with van der Waals surface area (Å²) in [5.74, 6) is -0.0994. The maximum absolute atomic E-state index is 13.0. The Morgan fingerprint density at radius 2 is 1.94 bits per heavy atom. The van der Waals surface area contributed by atoms with Gasteiger partial charge < -0.3 is 20.7 Å². The number of carbonyl (C=O) groups is 2. The molecule has 0 aromatic carbocycles. The molecule has 0 aromatic rings. The van der Waals surface area contributed by atoms with Crippen molar-refractivity contribution in [3.8, 4) is 0 Å². The number of amides is 3. The summed E-state index contributed by atoms with van der Waals surface area (Å²) in [7, 11) is -1.19. The van der Waals surface area contributed by atoms with E-state index in [0.717, 1.165) is 69.1 Å². The van der Waals surface area contributed by atoms with E-state index in [1.165, 1.54) is 4.90 Å². The number of nitrogens with zero attached hydrogens (tertiary/aromatic N) is 1. The quantitative estimate of drug-likeness (QED) is 0.208. The molecule has 2 aliphatic carbocycles. The van der Waals surface area contributed by atoms with Gasteiger partial charge in [0.2, 0.25) is 0 Å². The summed E-state index contributed by atoms with van der Waals surface area (Å²) in [6, 6.07) is 1.12. The number of thiocarbonyl (C=S) groups is 1. The van der Waals surface area contributed by atoms with Crippen LogP contribution in [0.15, 0.2) is 0 Å². The van der Waals surface area contributed by atoms with Crippen LogP contribution in [0.2, 0.25) is 25.7 Å². The van der Waals surface area contributed by atoms with Crippen LogP contribution in [0.4, 0.5) is 4.79 Å². The lowest BCUT2D eigenvalue weighted by molar-refractivity contribution is -0.145. The molecule has 0 unspecified atom stereocenters. The van der Waals surface area contributed by atoms with Crippen molar-refractivity contribution in [1.29, 1.82) is 0 Å². The minimum Gasteiger partial charge on any atom is -0.363 e. The van der Waals surface area contributed by atoms with Crippen molar-refractivity contribution in [2.45, 2.75) is 95.6 Å². The molecule has 1 saturated heterocycles. The lowest BCUT2D eigenvalue weighted by Gasteiger charge is -2.55. The molecule has 2 saturated carbocycles. The molecule has 9 heteroatoms. The Balaban J connectivity index is 1.42. The predicted molar refractivity (Wildman–Crippen MR) is 130 cm³/mol. The van der Waals surface area contributed by atoms with Gasteiger partial charge in [0.1, 0.15) is 12.3 Å². The van der Waals surface area contributed by atoms with Gasteiger partial charge >= 0.3 is 6.03 Å². The van der Waals surface area contributed by atoms with Crippen molar-refractivity contribution < 1.29 is 14.3 Å². The summed E-state index contributed by atoms with van der Waals surface area (Å²) in [5, 5.41) is 10.5. The molecule has 2 spiro atoms. The second-order valence-corrected chi connectivity index (χ2v) is 17.0. The molecule has 3 amide bonds. The lowest BCUT2D eigenvalue weighted by atomic mass is 9.51. The number of hydrogen-bond acceptors (Lipinski definition) is 4. The highest BCUT2D eigenvalue weighted by Crippen LogP contribution is 2.58. The number of carbonyl (C=O) groups excluding carboxylic acids is 2. The van der Waals surface area contributed by atoms with Crippen LogP contribution in [-0.4, -0.2) is 61.5 Å². The molecule has 1 aliphatic heterocycles. The van der Waals surface area contributed by atoms with Gasteiger partial charge in [0.15, 0.2) is 5.11 Å². The number of hydrogen-bond donors (Lipinski definition) is 3. The third-order valence-corrected chi connectivity index (χ3v) is 8.98. The second-order valence-electron chi connectivity index (χ2n) is 11.0. The van der Waals surface area contributed by atoms with Crippen LogP contribution in [0.1, 0.15) is 58.3 Å². The number of nitrogens with one attached hydrogen (secondary N) is 3. The zero-order valence-electron chi connectivity index (χ0n) is 19.6. The molecule has 3 aliphatic rings. The van der Waals surface area contributed by atoms with Crippen molar-refractivity contribution in [2.24, 2.45) is 5.41 Å². The minimum atomic E-state index is -1.19. The zero-order chi connectivity index (χ0) is 22.7. The van der Waals surface area contributed by atoms with E-state index in [9.17, 15) is 9.59 Å². The van der Waals surface area contributed by atoms with E-state index in [0.29, 0.717) is 12.6 Å². The molecule has 176 valence electrons. The maximum atomic E-state index is 13.0. The molecule has 31 heavy (non-hydrogen) atoms. The highest BCUT2D eigenvalue weighted by atomic mass is 32.1. The average molecular weight is 469 g/mol. The molecule has 1 heterocycles. The Labute approximate surface area is 193 Å². The first kappa shape index (κ1) is 24.4. The monoisotopic (exact) mass is 468 g/mol. The van der Waals surface area contributed by atoms with E-state index in [1.54, 1.807) is 0 Å². The van der Waals surface area contributed by atoms with E-state index in [1.807, 2.05) is 0 Å². The van der Waals surface area contributed by atoms with Crippen LogP contribution >= 0.6 is 12.2 Å². The first-order chi connectivity index (χ1) is 14.6. The number of imide groups is 1. The van der Waals surface area contributed by atoms with E-state index in [2.05, 4.69) is 42.5 Å². The SMILES string of the molecule is CCCCNC(=S)NC1CCC2(CC1)CC1(C2)NC(=O)N(COCC[Si](C)(C)C)C1=O. The van der Waals surface area contributed by atoms with Gasteiger partial charge in [0.25, 0.3) is 5.91 Å². The Morgan fingerprint density at radius 3 is 2.55 bits per heavy atom. The molecule has 3 rings (SSSR count). The first-order valence-electron chi connectivity index (χ1n) is 11.8. The van der Waals surface area contributed by atoms with Crippen LogP contribution in [0.5, 0.6) is 0 Å². The van der Waals surface area contributed by atoms with E-state index in [-0.39, 0.29) is 24.1 Å². The molecule has 0 bridgehead atoms. The summed E-state index contributed by atoms with van der Waals surface area (Å²) in [5.41, 5.74) is -0.524. The van der Waals surface area contributed by atoms with E-state index in [4.69, 9.17) is 17.0 Å². The number of ether oxygens (including phenoxy) is 1. The fraction of sp³-hybridized carbons (Fsp3) is 0.864. The summed E-state index contributed by atoms with van der Waals surface area (Å²) >= 11 is 5.41. The van der Waals surface area contributed by atoms with Crippen LogP contribution in [0.3, 0.4) is 0 Å². The summed E-state index contributed by atoms with van der Waals surface area (Å²) in [6.07, 6.45) is 8.02. The predicted octanol–water partition coefficient (Wildman–Crippen LogP) is 3.58. The molecule has 0 atom stereocenters. The largest absolute Gasteiger partial charge is 0.363 e. The van der Waals surface area contributed by atoms with Gasteiger partial charge in [-0.25, -0.2) is 9.69 Å². The normalized spacial score (nSPS) is 30.5. The van der Waals surface area contributed by atoms with Crippen LogP contribution < -0.4 is 16.0 Å². The fourth-order valence-electron chi connectivity index (χ4n) is 5.14. The van der Waals surface area contributed by atoms with Gasteiger partial charge in [0, 0.05) is 27.3 Å². The number of rotatable bonds is 9. The molecule has 7 nitrogen and oxygen atoms in total. The summed E-state index contributed by atoms with van der Waals surface area (Å²) in [4.78, 5) is 26.7. The summed E-state index contributed by atoms with van der Waals surface area (Å²) in [6.45, 7) is 10.6. The van der Waals surface area contributed by atoms with Crippen LogP contribution in [0.25, 0.3) is 0 Å². The van der Waals surface area contributed by atoms with Gasteiger partial charge in [0.05, 0.1) is 0 Å². The third-order valence-electron chi connectivity index (χ3n) is 7.01. The van der Waals surface area contributed by atoms with Crippen molar-refractivity contribution in [3.63, 3.8) is 0 Å². The van der Waals surface area contributed by atoms with E-state index >= 15 is 0 Å². The lowest BCUT2D eigenvalue weighted by Crippen LogP contribution is -2.63. The Bertz CT molecular complexity index is 681. The van der Waals surface area contributed by atoms with Gasteiger partial charge in [-0.15, -0.1) is 0 Å². The van der Waals surface area contributed by atoms with Gasteiger partial charge in [-0.3, -0.25) is 4.79 Å². The molecule has 3 fully saturated rings. The Kier molecular flexibility index (Phi) is 7.69. The van der Waals surface area contributed by atoms with Crippen molar-refractivity contribution in [2.75, 3.05) is 19.9 Å². The van der Waals surface area contributed by atoms with Crippen LogP contribution in [0, 0.1) is 5.41 Å². The molecular formula is C22H40N4O3SSi. The van der Waals surface area contributed by atoms with Crippen molar-refractivity contribution >= 4 is 37.3 Å². The second kappa shape index (κ2) is 9.75. The van der Waals surface area contributed by atoms with Crippen LogP contribution in [-0.2, 0) is 9.53 Å². The summed E-state index contributed by atoms with van der Waals surface area (Å²) < 4.78 is 5.67. The van der Waals surface area contributed by atoms with Gasteiger partial charge in [-0.1, -0.05) is 33.0 Å². The van der Waals surface area contributed by atoms with Gasteiger partial charge in [-0.2, -0.15) is 0 Å². The first-order valence-corrected chi connectivity index (χ1v) is 16.0. The topological polar surface area (TPSA) is 82.7 Å². The minimum absolute atomic E-state index is 0.0678. The fourth-order valence-corrected chi connectivity index (χ4v) is 6.16. The van der Waals surface area contributed by atoms with E-state index < -0.39 is 13.6 Å². The zero-order valence-corrected chi connectivity index (χ0v) is 21.5. The van der Waals surface area contributed by atoms with Crippen molar-refractivity contribution in [3.05, 3.63) is 0 Å². The average Bonchev–Trinajstić information content (AvgIpc) is 2.90. The van der Waals surface area contributed by atoms with Gasteiger partial charge in [-0.05, 0) is 68.6 Å². The smallest absolute Gasteiger partial charge is 0.326 e. The Hall–Kier alpha value is -1.19. The van der Waals surface area contributed by atoms with Crippen molar-refractivity contribution in [1.82, 2.24) is 20.9 Å². The molecular weight excluding hydrogens is 428 g/mol. The Morgan fingerprint density at radius 1 is 1.26 bits per heavy atom. The number of unbranched alkanes of at least 4 members (excludes halogenated alkanes) is 1. The number of urea groups is 1. The third kappa shape index (κ3) is 5.99. The molecule has 3 N–H and O–H groups in total. The standard InChI is InChI=1S/C22H40N4O3SSi/c1-5-6-11-23-19(30)24-17-7-9-21(10-8-17)14-22(15-21)18(27)26(20(28)25-22)16-29-12-13-31(2,3)4/h17H,5-16H2,1-4H3,(H,25,28)(H2,23,24,30). The maximum Gasteiger partial charge on any atom is 0.326 e. The molecule has 0 aromatic heterocycles. The highest BCUT2D eigenvalue weighted by Gasteiger charge is 2.64.